The Morgan fingerprint density at radius 1 is 1.71 bits per heavy atom. The fraction of sp³-hybridized carbons (Fsp3) is 0.500. The fourth-order valence-corrected chi connectivity index (χ4v) is 2.47. The van der Waals surface area contributed by atoms with Crippen LogP contribution in [0.2, 0.25) is 4.34 Å². The van der Waals surface area contributed by atoms with Gasteiger partial charge in [-0.05, 0) is 24.5 Å². The highest BCUT2D eigenvalue weighted by molar-refractivity contribution is 7.16. The van der Waals surface area contributed by atoms with Crippen LogP contribution in [0.4, 0.5) is 0 Å². The van der Waals surface area contributed by atoms with Crippen LogP contribution in [0.5, 0.6) is 0 Å². The molecule has 14 heavy (non-hydrogen) atoms. The summed E-state index contributed by atoms with van der Waals surface area (Å²) >= 11 is 7.29. The summed E-state index contributed by atoms with van der Waals surface area (Å²) in [4.78, 5) is 12.6. The lowest BCUT2D eigenvalue weighted by Crippen LogP contribution is -2.24. The molecule has 0 saturated heterocycles. The van der Waals surface area contributed by atoms with Gasteiger partial charge in [0.25, 0.3) is 0 Å². The zero-order valence-electron chi connectivity index (χ0n) is 7.92. The number of hydrogen-bond acceptors (Lipinski definition) is 2. The van der Waals surface area contributed by atoms with Gasteiger partial charge in [-0.25, -0.2) is 0 Å². The molecule has 1 saturated carbocycles. The Balaban J connectivity index is 1.80. The molecule has 2 atom stereocenters. The smallest absolute Gasteiger partial charge is 0.223 e. The first kappa shape index (κ1) is 9.99. The molecule has 0 bridgehead atoms. The van der Waals surface area contributed by atoms with Gasteiger partial charge < -0.3 is 5.32 Å². The topological polar surface area (TPSA) is 29.1 Å². The molecule has 2 unspecified atom stereocenters. The lowest BCUT2D eigenvalue weighted by atomic mass is 10.3. The van der Waals surface area contributed by atoms with Gasteiger partial charge in [0, 0.05) is 10.8 Å². The Kier molecular flexibility index (Phi) is 2.79. The maximum absolute atomic E-state index is 11.5. The van der Waals surface area contributed by atoms with Gasteiger partial charge in [-0.3, -0.25) is 4.79 Å². The molecular formula is C10H12ClNOS. The van der Waals surface area contributed by atoms with E-state index in [0.717, 1.165) is 15.6 Å². The van der Waals surface area contributed by atoms with E-state index in [9.17, 15) is 4.79 Å². The second kappa shape index (κ2) is 3.91. The number of halogens is 1. The summed E-state index contributed by atoms with van der Waals surface area (Å²) < 4.78 is 0.772. The van der Waals surface area contributed by atoms with Crippen molar-refractivity contribution in [2.24, 2.45) is 11.8 Å². The van der Waals surface area contributed by atoms with Gasteiger partial charge in [0.1, 0.15) is 0 Å². The van der Waals surface area contributed by atoms with Crippen molar-refractivity contribution < 1.29 is 4.79 Å². The third-order valence-electron chi connectivity index (χ3n) is 2.51. The van der Waals surface area contributed by atoms with Crippen molar-refractivity contribution in [1.82, 2.24) is 5.32 Å². The molecule has 0 radical (unpaired) electrons. The quantitative estimate of drug-likeness (QED) is 0.849. The summed E-state index contributed by atoms with van der Waals surface area (Å²) in [6.07, 6.45) is 1.04. The number of rotatable bonds is 3. The van der Waals surface area contributed by atoms with Gasteiger partial charge in [0.15, 0.2) is 0 Å². The van der Waals surface area contributed by atoms with Crippen molar-refractivity contribution in [2.45, 2.75) is 19.9 Å². The molecule has 1 aliphatic carbocycles. The minimum atomic E-state index is 0.182. The largest absolute Gasteiger partial charge is 0.351 e. The van der Waals surface area contributed by atoms with Crippen molar-refractivity contribution in [3.05, 3.63) is 21.3 Å². The van der Waals surface area contributed by atoms with E-state index < -0.39 is 0 Å². The Morgan fingerprint density at radius 2 is 2.43 bits per heavy atom. The third kappa shape index (κ3) is 2.28. The van der Waals surface area contributed by atoms with E-state index in [0.29, 0.717) is 12.5 Å². The Morgan fingerprint density at radius 3 is 2.93 bits per heavy atom. The highest BCUT2D eigenvalue weighted by Crippen LogP contribution is 2.37. The van der Waals surface area contributed by atoms with Crippen LogP contribution < -0.4 is 5.32 Å². The summed E-state index contributed by atoms with van der Waals surface area (Å²) in [5.41, 5.74) is 0. The van der Waals surface area contributed by atoms with Crippen molar-refractivity contribution >= 4 is 28.8 Å². The molecule has 76 valence electrons. The SMILES string of the molecule is CC1CC1C(=O)NCc1ccc(Cl)s1. The first-order valence-electron chi connectivity index (χ1n) is 4.69. The monoisotopic (exact) mass is 229 g/mol. The van der Waals surface area contributed by atoms with Gasteiger partial charge >= 0.3 is 0 Å². The number of carbonyl (C=O) groups excluding carboxylic acids is 1. The molecule has 1 fully saturated rings. The van der Waals surface area contributed by atoms with E-state index in [1.807, 2.05) is 12.1 Å². The molecule has 0 spiro atoms. The standard InChI is InChI=1S/C10H12ClNOS/c1-6-4-8(6)10(13)12-5-7-2-3-9(11)14-7/h2-3,6,8H,4-5H2,1H3,(H,12,13). The molecule has 2 rings (SSSR count). The Labute approximate surface area is 92.3 Å². The molecule has 1 aliphatic rings. The van der Waals surface area contributed by atoms with Crippen molar-refractivity contribution in [1.29, 1.82) is 0 Å². The van der Waals surface area contributed by atoms with Crippen LogP contribution in [0.25, 0.3) is 0 Å². The average molecular weight is 230 g/mol. The average Bonchev–Trinajstić information content (AvgIpc) is 2.72. The fourth-order valence-electron chi connectivity index (χ4n) is 1.44. The summed E-state index contributed by atoms with van der Waals surface area (Å²) in [6, 6.07) is 3.80. The Bertz CT molecular complexity index is 350. The van der Waals surface area contributed by atoms with Gasteiger partial charge in [0.05, 0.1) is 10.9 Å². The third-order valence-corrected chi connectivity index (χ3v) is 3.74. The zero-order chi connectivity index (χ0) is 10.1. The van der Waals surface area contributed by atoms with Crippen LogP contribution in [0.3, 0.4) is 0 Å². The van der Waals surface area contributed by atoms with Gasteiger partial charge in [-0.1, -0.05) is 18.5 Å². The van der Waals surface area contributed by atoms with Crippen molar-refractivity contribution in [3.8, 4) is 0 Å². The Hall–Kier alpha value is -0.540. The highest BCUT2D eigenvalue weighted by atomic mass is 35.5. The predicted molar refractivity (Wildman–Crippen MR) is 58.4 cm³/mol. The maximum Gasteiger partial charge on any atom is 0.223 e. The second-order valence-electron chi connectivity index (χ2n) is 3.74. The molecule has 1 amide bonds. The van der Waals surface area contributed by atoms with E-state index in [4.69, 9.17) is 11.6 Å². The highest BCUT2D eigenvalue weighted by Gasteiger charge is 2.38. The van der Waals surface area contributed by atoms with Crippen LogP contribution in [-0.2, 0) is 11.3 Å². The number of carbonyl (C=O) groups is 1. The lowest BCUT2D eigenvalue weighted by molar-refractivity contribution is -0.122. The molecule has 0 aromatic carbocycles. The number of amides is 1. The molecule has 1 aromatic heterocycles. The molecule has 0 aliphatic heterocycles. The van der Waals surface area contributed by atoms with Crippen molar-refractivity contribution in [3.63, 3.8) is 0 Å². The van der Waals surface area contributed by atoms with E-state index >= 15 is 0 Å². The molecule has 1 heterocycles. The molecule has 1 N–H and O–H groups in total. The zero-order valence-corrected chi connectivity index (χ0v) is 9.49. The second-order valence-corrected chi connectivity index (χ2v) is 5.54. The lowest BCUT2D eigenvalue weighted by Gasteiger charge is -2.01. The van der Waals surface area contributed by atoms with Gasteiger partial charge in [-0.2, -0.15) is 0 Å². The van der Waals surface area contributed by atoms with Gasteiger partial charge in [-0.15, -0.1) is 11.3 Å². The van der Waals surface area contributed by atoms with Crippen LogP contribution >= 0.6 is 22.9 Å². The van der Waals surface area contributed by atoms with Crippen LogP contribution in [0.15, 0.2) is 12.1 Å². The summed E-state index contributed by atoms with van der Waals surface area (Å²) in [7, 11) is 0. The molecule has 1 aromatic rings. The van der Waals surface area contributed by atoms with Crippen LogP contribution in [-0.4, -0.2) is 5.91 Å². The minimum Gasteiger partial charge on any atom is -0.351 e. The first-order chi connectivity index (χ1) is 6.66. The minimum absolute atomic E-state index is 0.182. The maximum atomic E-state index is 11.5. The number of thiophene rings is 1. The predicted octanol–water partition coefficient (Wildman–Crippen LogP) is 2.67. The number of nitrogens with one attached hydrogen (secondary N) is 1. The summed E-state index contributed by atoms with van der Waals surface area (Å²) in [5, 5.41) is 2.92. The molecular weight excluding hydrogens is 218 g/mol. The first-order valence-corrected chi connectivity index (χ1v) is 5.88. The normalized spacial score (nSPS) is 24.7. The molecule has 4 heteroatoms. The van der Waals surface area contributed by atoms with E-state index in [-0.39, 0.29) is 11.8 Å². The van der Waals surface area contributed by atoms with E-state index in [2.05, 4.69) is 12.2 Å². The summed E-state index contributed by atoms with van der Waals surface area (Å²) in [6.45, 7) is 2.71. The van der Waals surface area contributed by atoms with Crippen LogP contribution in [0.1, 0.15) is 18.2 Å². The van der Waals surface area contributed by atoms with E-state index in [1.165, 1.54) is 11.3 Å². The number of hydrogen-bond donors (Lipinski definition) is 1. The van der Waals surface area contributed by atoms with Gasteiger partial charge in [0.2, 0.25) is 5.91 Å². The van der Waals surface area contributed by atoms with Crippen LogP contribution in [0, 0.1) is 11.8 Å². The molecule has 2 nitrogen and oxygen atoms in total. The van der Waals surface area contributed by atoms with E-state index in [1.54, 1.807) is 0 Å². The summed E-state index contributed by atoms with van der Waals surface area (Å²) in [5.74, 6) is 1.01. The van der Waals surface area contributed by atoms with Crippen molar-refractivity contribution in [2.75, 3.05) is 0 Å².